The Morgan fingerprint density at radius 1 is 1.29 bits per heavy atom. The highest BCUT2D eigenvalue weighted by Gasteiger charge is 2.79. The monoisotopic (exact) mass is 326 g/mol. The van der Waals surface area contributed by atoms with E-state index < -0.39 is 0 Å². The van der Waals surface area contributed by atoms with Gasteiger partial charge in [-0.05, 0) is 25.8 Å². The van der Waals surface area contributed by atoms with Gasteiger partial charge >= 0.3 is 5.97 Å². The van der Waals surface area contributed by atoms with Crippen LogP contribution in [0.25, 0.3) is 5.57 Å². The second-order valence-electron chi connectivity index (χ2n) is 8.43. The Hall–Kier alpha value is -1.61. The lowest BCUT2D eigenvalue weighted by Crippen LogP contribution is -2.85. The average Bonchev–Trinajstić information content (AvgIpc) is 2.93. The van der Waals surface area contributed by atoms with Gasteiger partial charge in [0.15, 0.2) is 0 Å². The zero-order chi connectivity index (χ0) is 17.1. The molecule has 1 saturated heterocycles. The van der Waals surface area contributed by atoms with Crippen molar-refractivity contribution >= 4 is 11.5 Å². The highest BCUT2D eigenvalue weighted by atomic mass is 16.5. The fraction of sp³-hybridized carbons (Fsp3) is 0.571. The van der Waals surface area contributed by atoms with Gasteiger partial charge in [-0.2, -0.15) is 0 Å². The first-order valence-corrected chi connectivity index (χ1v) is 9.20. The van der Waals surface area contributed by atoms with Crippen molar-refractivity contribution in [2.24, 2.45) is 5.41 Å². The van der Waals surface area contributed by atoms with E-state index in [4.69, 9.17) is 4.74 Å². The molecule has 2 aliphatic carbocycles. The van der Waals surface area contributed by atoms with E-state index >= 15 is 0 Å². The van der Waals surface area contributed by atoms with Crippen LogP contribution in [0.3, 0.4) is 0 Å². The molecule has 4 rings (SSSR count). The van der Waals surface area contributed by atoms with Gasteiger partial charge in [-0.3, -0.25) is 0 Å². The van der Waals surface area contributed by atoms with Gasteiger partial charge in [0, 0.05) is 19.3 Å². The fourth-order valence-electron chi connectivity index (χ4n) is 5.94. The Kier molecular flexibility index (Phi) is 3.44. The van der Waals surface area contributed by atoms with Crippen LogP contribution in [-0.2, 0) is 9.53 Å². The number of ether oxygens (including phenoxy) is 1. The largest absolute Gasteiger partial charge is 0.459 e. The summed E-state index contributed by atoms with van der Waals surface area (Å²) in [4.78, 5) is 12.5. The van der Waals surface area contributed by atoms with Crippen LogP contribution in [0.1, 0.15) is 45.1 Å². The topological polar surface area (TPSA) is 26.3 Å². The SMILES string of the molecule is C=C(C(=O)O[C@H]1C[C@H]2[C@@]3(CCC3[N+]2(C)C(C)C)C1)c1ccccc1. The molecule has 1 aliphatic heterocycles. The number of hydrogen-bond donors (Lipinski definition) is 0. The van der Waals surface area contributed by atoms with Gasteiger partial charge in [0.1, 0.15) is 18.2 Å². The number of likely N-dealkylation sites (tertiary alicyclic amines) is 1. The molecule has 1 aromatic rings. The highest BCUT2D eigenvalue weighted by Crippen LogP contribution is 2.69. The number of esters is 1. The van der Waals surface area contributed by atoms with Gasteiger partial charge in [0.25, 0.3) is 0 Å². The quantitative estimate of drug-likeness (QED) is 0.478. The van der Waals surface area contributed by atoms with Crippen molar-refractivity contribution in [1.82, 2.24) is 0 Å². The molecular weight excluding hydrogens is 298 g/mol. The Bertz CT molecular complexity index is 682. The molecule has 3 nitrogen and oxygen atoms in total. The van der Waals surface area contributed by atoms with Gasteiger partial charge in [-0.1, -0.05) is 36.9 Å². The van der Waals surface area contributed by atoms with E-state index in [0.29, 0.717) is 23.1 Å². The minimum absolute atomic E-state index is 0.0597. The summed E-state index contributed by atoms with van der Waals surface area (Å²) >= 11 is 0. The van der Waals surface area contributed by atoms with E-state index in [-0.39, 0.29) is 12.1 Å². The van der Waals surface area contributed by atoms with Gasteiger partial charge in [0.2, 0.25) is 0 Å². The van der Waals surface area contributed by atoms with Crippen LogP contribution < -0.4 is 0 Å². The van der Waals surface area contributed by atoms with E-state index in [2.05, 4.69) is 27.5 Å². The maximum Gasteiger partial charge on any atom is 0.338 e. The molecule has 1 spiro atoms. The molecule has 0 N–H and O–H groups in total. The second kappa shape index (κ2) is 5.19. The van der Waals surface area contributed by atoms with Crippen molar-refractivity contribution < 1.29 is 14.0 Å². The third kappa shape index (κ3) is 1.91. The summed E-state index contributed by atoms with van der Waals surface area (Å²) in [5.41, 5.74) is 1.78. The third-order valence-electron chi connectivity index (χ3n) is 7.40. The lowest BCUT2D eigenvalue weighted by atomic mass is 9.51. The summed E-state index contributed by atoms with van der Waals surface area (Å²) < 4.78 is 7.05. The normalized spacial score (nSPS) is 39.4. The first kappa shape index (κ1) is 15.9. The number of hydrogen-bond acceptors (Lipinski definition) is 2. The van der Waals surface area contributed by atoms with Gasteiger partial charge in [-0.25, -0.2) is 4.79 Å². The lowest BCUT2D eigenvalue weighted by Gasteiger charge is -2.73. The summed E-state index contributed by atoms with van der Waals surface area (Å²) in [7, 11) is 2.41. The standard InChI is InChI=1S/C21H28NO2/c1-14(2)22(4)18-10-11-21(18)13-17(12-19(21)22)24-20(23)15(3)16-8-6-5-7-9-16/h5-9,14,17-19H,3,10-13H2,1-2,4H3/q+1/t17-,18?,19-,21-,22?/m0/s1. The van der Waals surface area contributed by atoms with Crippen LogP contribution in [0.2, 0.25) is 0 Å². The third-order valence-corrected chi connectivity index (χ3v) is 7.40. The van der Waals surface area contributed by atoms with Crippen LogP contribution in [0.15, 0.2) is 36.9 Å². The minimum Gasteiger partial charge on any atom is -0.459 e. The number of carbonyl (C=O) groups excluding carboxylic acids is 1. The van der Waals surface area contributed by atoms with Gasteiger partial charge in [-0.15, -0.1) is 0 Å². The molecule has 3 fully saturated rings. The predicted octanol–water partition coefficient (Wildman–Crippen LogP) is 3.79. The van der Waals surface area contributed by atoms with E-state index in [9.17, 15) is 4.79 Å². The number of quaternary nitrogens is 1. The first-order chi connectivity index (χ1) is 11.4. The second-order valence-corrected chi connectivity index (χ2v) is 8.43. The average molecular weight is 326 g/mol. The highest BCUT2D eigenvalue weighted by molar-refractivity contribution is 6.15. The maximum absolute atomic E-state index is 12.5. The van der Waals surface area contributed by atoms with E-state index in [1.807, 2.05) is 30.3 Å². The fourth-order valence-corrected chi connectivity index (χ4v) is 5.94. The summed E-state index contributed by atoms with van der Waals surface area (Å²) in [6.45, 7) is 8.61. The Labute approximate surface area is 144 Å². The summed E-state index contributed by atoms with van der Waals surface area (Å²) in [5, 5.41) is 0. The number of rotatable bonds is 4. The molecular formula is C21H28NO2+. The predicted molar refractivity (Wildman–Crippen MR) is 95.2 cm³/mol. The summed E-state index contributed by atoms with van der Waals surface area (Å²) in [6, 6.07) is 11.7. The van der Waals surface area contributed by atoms with Crippen LogP contribution >= 0.6 is 0 Å². The molecule has 0 bridgehead atoms. The van der Waals surface area contributed by atoms with Crippen molar-refractivity contribution in [2.75, 3.05) is 7.05 Å². The molecule has 2 saturated carbocycles. The number of nitrogens with zero attached hydrogens (tertiary/aromatic N) is 1. The van der Waals surface area contributed by atoms with E-state index in [0.717, 1.165) is 24.4 Å². The molecule has 1 aromatic carbocycles. The molecule has 0 aromatic heterocycles. The first-order valence-electron chi connectivity index (χ1n) is 9.20. The summed E-state index contributed by atoms with van der Waals surface area (Å²) in [6.07, 6.45) is 4.78. The number of carbonyl (C=O) groups is 1. The van der Waals surface area contributed by atoms with E-state index in [1.165, 1.54) is 17.3 Å². The van der Waals surface area contributed by atoms with Crippen LogP contribution in [0.5, 0.6) is 0 Å². The van der Waals surface area contributed by atoms with Gasteiger partial charge in [0.05, 0.1) is 24.1 Å². The maximum atomic E-state index is 12.5. The minimum atomic E-state index is -0.251. The molecule has 0 radical (unpaired) electrons. The number of piperidine rings is 1. The molecule has 2 unspecified atom stereocenters. The molecule has 3 heteroatoms. The zero-order valence-electron chi connectivity index (χ0n) is 15.0. The van der Waals surface area contributed by atoms with Crippen LogP contribution in [0.4, 0.5) is 0 Å². The zero-order valence-corrected chi connectivity index (χ0v) is 15.0. The molecule has 0 amide bonds. The van der Waals surface area contributed by atoms with Crippen LogP contribution in [-0.4, -0.2) is 41.7 Å². The smallest absolute Gasteiger partial charge is 0.338 e. The molecule has 5 atom stereocenters. The van der Waals surface area contributed by atoms with Gasteiger partial charge < -0.3 is 9.22 Å². The van der Waals surface area contributed by atoms with Crippen molar-refractivity contribution in [3.8, 4) is 0 Å². The molecule has 1 heterocycles. The molecule has 3 aliphatic rings. The van der Waals surface area contributed by atoms with Crippen molar-refractivity contribution in [2.45, 2.75) is 63.8 Å². The number of benzene rings is 1. The Morgan fingerprint density at radius 2 is 2.00 bits per heavy atom. The van der Waals surface area contributed by atoms with Crippen molar-refractivity contribution in [1.29, 1.82) is 0 Å². The van der Waals surface area contributed by atoms with E-state index in [1.54, 1.807) is 0 Å². The summed E-state index contributed by atoms with van der Waals surface area (Å²) in [5.74, 6) is -0.251. The Morgan fingerprint density at radius 3 is 2.58 bits per heavy atom. The van der Waals surface area contributed by atoms with Crippen molar-refractivity contribution in [3.63, 3.8) is 0 Å². The Balaban J connectivity index is 1.45. The molecule has 24 heavy (non-hydrogen) atoms. The van der Waals surface area contributed by atoms with Crippen molar-refractivity contribution in [3.05, 3.63) is 42.5 Å². The molecule has 128 valence electrons. The lowest BCUT2D eigenvalue weighted by molar-refractivity contribution is -1.05. The van der Waals surface area contributed by atoms with Crippen LogP contribution in [0, 0.1) is 5.41 Å².